The number of aromatic hydroxyl groups is 1. The van der Waals surface area contributed by atoms with Crippen molar-refractivity contribution in [1.29, 1.82) is 5.26 Å². The average Bonchev–Trinajstić information content (AvgIpc) is 3.15. The Kier molecular flexibility index (Phi) is 5.53. The molecule has 1 heterocycles. The molecule has 0 aliphatic heterocycles. The van der Waals surface area contributed by atoms with E-state index >= 15 is 0 Å². The van der Waals surface area contributed by atoms with Gasteiger partial charge in [-0.05, 0) is 54.8 Å². The molecular formula is C20H15ClN4O. The second kappa shape index (κ2) is 8.20. The summed E-state index contributed by atoms with van der Waals surface area (Å²) in [6.07, 6.45) is 4.81. The molecule has 1 aromatic heterocycles. The predicted molar refractivity (Wildman–Crippen MR) is 98.6 cm³/mol. The van der Waals surface area contributed by atoms with Gasteiger partial charge in [-0.1, -0.05) is 23.4 Å². The largest absolute Gasteiger partial charge is 0.508 e. The van der Waals surface area contributed by atoms with Crippen LogP contribution in [0.4, 0.5) is 0 Å². The highest BCUT2D eigenvalue weighted by Gasteiger charge is 2.04. The fourth-order valence-electron chi connectivity index (χ4n) is 2.51. The Bertz CT molecular complexity index is 1010. The maximum absolute atomic E-state index is 9.43. The van der Waals surface area contributed by atoms with Crippen LogP contribution in [0.25, 0.3) is 0 Å². The van der Waals surface area contributed by atoms with Gasteiger partial charge in [-0.2, -0.15) is 10.4 Å². The van der Waals surface area contributed by atoms with E-state index in [-0.39, 0.29) is 5.75 Å². The summed E-state index contributed by atoms with van der Waals surface area (Å²) in [6, 6.07) is 12.3. The molecule has 0 saturated carbocycles. The zero-order chi connectivity index (χ0) is 18.4. The van der Waals surface area contributed by atoms with Gasteiger partial charge in [-0.25, -0.2) is 4.98 Å². The first kappa shape index (κ1) is 17.5. The minimum atomic E-state index is 0.104. The monoisotopic (exact) mass is 362 g/mol. The van der Waals surface area contributed by atoms with Crippen LogP contribution < -0.4 is 0 Å². The van der Waals surface area contributed by atoms with Crippen molar-refractivity contribution in [1.82, 2.24) is 14.8 Å². The van der Waals surface area contributed by atoms with Crippen molar-refractivity contribution in [3.63, 3.8) is 0 Å². The van der Waals surface area contributed by atoms with Crippen LogP contribution in [0.5, 0.6) is 5.75 Å². The van der Waals surface area contributed by atoms with Gasteiger partial charge in [0.25, 0.3) is 0 Å². The molecule has 1 N–H and O–H groups in total. The molecule has 128 valence electrons. The number of hydrogen-bond donors (Lipinski definition) is 1. The van der Waals surface area contributed by atoms with Crippen LogP contribution in [-0.2, 0) is 13.0 Å². The summed E-state index contributed by atoms with van der Waals surface area (Å²) in [6.45, 7) is 0.743. The van der Waals surface area contributed by atoms with Gasteiger partial charge in [-0.15, -0.1) is 0 Å². The molecule has 0 atom stereocenters. The first-order valence-electron chi connectivity index (χ1n) is 8.01. The van der Waals surface area contributed by atoms with Crippen LogP contribution in [0.3, 0.4) is 0 Å². The van der Waals surface area contributed by atoms with Crippen LogP contribution in [0, 0.1) is 23.2 Å². The number of rotatable bonds is 4. The van der Waals surface area contributed by atoms with Gasteiger partial charge in [0.15, 0.2) is 0 Å². The number of aryl methyl sites for hydroxylation is 2. The quantitative estimate of drug-likeness (QED) is 0.720. The first-order chi connectivity index (χ1) is 12.7. The Balaban J connectivity index is 1.82. The van der Waals surface area contributed by atoms with Gasteiger partial charge >= 0.3 is 0 Å². The summed E-state index contributed by atoms with van der Waals surface area (Å²) < 4.78 is 1.77. The Morgan fingerprint density at radius 3 is 2.65 bits per heavy atom. The second-order valence-corrected chi connectivity index (χ2v) is 6.07. The minimum absolute atomic E-state index is 0.104. The van der Waals surface area contributed by atoms with Gasteiger partial charge in [0.2, 0.25) is 0 Å². The highest BCUT2D eigenvalue weighted by Crippen LogP contribution is 2.21. The molecule has 3 aromatic rings. The molecule has 0 bridgehead atoms. The van der Waals surface area contributed by atoms with Gasteiger partial charge in [0.05, 0.1) is 16.7 Å². The molecule has 3 rings (SSSR count). The number of nitriles is 1. The summed E-state index contributed by atoms with van der Waals surface area (Å²) in [7, 11) is 0. The molecule has 0 spiro atoms. The molecule has 0 aliphatic rings. The zero-order valence-corrected chi connectivity index (χ0v) is 14.6. The topological polar surface area (TPSA) is 74.7 Å². The number of hydrogen-bond acceptors (Lipinski definition) is 4. The lowest BCUT2D eigenvalue weighted by Crippen LogP contribution is -2.01. The van der Waals surface area contributed by atoms with Crippen molar-refractivity contribution in [3.8, 4) is 23.7 Å². The highest BCUT2D eigenvalue weighted by molar-refractivity contribution is 6.31. The van der Waals surface area contributed by atoms with E-state index in [1.165, 1.54) is 12.4 Å². The number of halogens is 1. The van der Waals surface area contributed by atoms with Crippen molar-refractivity contribution in [3.05, 3.63) is 76.3 Å². The van der Waals surface area contributed by atoms with E-state index in [4.69, 9.17) is 16.9 Å². The SMILES string of the molecule is N#Cc1ccc(C#Cc2ccc(O)cc2Cl)c(CCCn2cncn2)c1. The van der Waals surface area contributed by atoms with Gasteiger partial charge in [-0.3, -0.25) is 4.68 Å². The normalized spacial score (nSPS) is 10.0. The van der Waals surface area contributed by atoms with Crippen LogP contribution in [0.15, 0.2) is 49.1 Å². The van der Waals surface area contributed by atoms with E-state index in [1.54, 1.807) is 29.2 Å². The lowest BCUT2D eigenvalue weighted by Gasteiger charge is -2.06. The van der Waals surface area contributed by atoms with E-state index in [9.17, 15) is 5.11 Å². The van der Waals surface area contributed by atoms with Crippen molar-refractivity contribution in [2.45, 2.75) is 19.4 Å². The van der Waals surface area contributed by atoms with Crippen molar-refractivity contribution in [2.24, 2.45) is 0 Å². The molecule has 5 nitrogen and oxygen atoms in total. The highest BCUT2D eigenvalue weighted by atomic mass is 35.5. The standard InChI is InChI=1S/C20H15ClN4O/c21-20-11-19(26)8-7-17(20)6-5-16-4-3-15(12-22)10-18(16)2-1-9-25-14-23-13-24-25/h3-4,7-8,10-11,13-14,26H,1-2,9H2. The molecule has 0 fully saturated rings. The summed E-state index contributed by atoms with van der Waals surface area (Å²) >= 11 is 6.10. The third kappa shape index (κ3) is 4.42. The Hall–Kier alpha value is -3.28. The average molecular weight is 363 g/mol. The lowest BCUT2D eigenvalue weighted by molar-refractivity contribution is 0.475. The molecule has 0 amide bonds. The first-order valence-corrected chi connectivity index (χ1v) is 8.39. The van der Waals surface area contributed by atoms with E-state index in [0.29, 0.717) is 16.1 Å². The van der Waals surface area contributed by atoms with E-state index in [0.717, 1.165) is 30.5 Å². The Labute approximate surface area is 156 Å². The van der Waals surface area contributed by atoms with Crippen molar-refractivity contribution >= 4 is 11.6 Å². The predicted octanol–water partition coefficient (Wildman–Crippen LogP) is 3.54. The molecule has 0 unspecified atom stereocenters. The second-order valence-electron chi connectivity index (χ2n) is 5.66. The van der Waals surface area contributed by atoms with Crippen LogP contribution in [-0.4, -0.2) is 19.9 Å². The smallest absolute Gasteiger partial charge is 0.137 e. The lowest BCUT2D eigenvalue weighted by atomic mass is 10.00. The van der Waals surface area contributed by atoms with E-state index in [1.807, 2.05) is 12.1 Å². The van der Waals surface area contributed by atoms with Crippen LogP contribution >= 0.6 is 11.6 Å². The molecule has 0 radical (unpaired) electrons. The maximum Gasteiger partial charge on any atom is 0.137 e. The Morgan fingerprint density at radius 2 is 1.92 bits per heavy atom. The minimum Gasteiger partial charge on any atom is -0.508 e. The summed E-state index contributed by atoms with van der Waals surface area (Å²) in [5.74, 6) is 6.26. The number of nitrogens with zero attached hydrogens (tertiary/aromatic N) is 4. The maximum atomic E-state index is 9.43. The van der Waals surface area contributed by atoms with Crippen molar-refractivity contribution < 1.29 is 5.11 Å². The van der Waals surface area contributed by atoms with Gasteiger partial charge in [0, 0.05) is 17.7 Å². The number of benzene rings is 2. The number of phenols is 1. The summed E-state index contributed by atoms with van der Waals surface area (Å²) in [4.78, 5) is 3.93. The van der Waals surface area contributed by atoms with E-state index in [2.05, 4.69) is 28.0 Å². The van der Waals surface area contributed by atoms with Gasteiger partial charge < -0.3 is 5.11 Å². The van der Waals surface area contributed by atoms with Gasteiger partial charge in [0.1, 0.15) is 18.4 Å². The molecule has 0 aliphatic carbocycles. The number of phenolic OH excluding ortho intramolecular Hbond substituents is 1. The Morgan fingerprint density at radius 1 is 1.12 bits per heavy atom. The third-order valence-electron chi connectivity index (χ3n) is 3.82. The van der Waals surface area contributed by atoms with Crippen LogP contribution in [0.2, 0.25) is 5.02 Å². The molecule has 0 saturated heterocycles. The number of aromatic nitrogens is 3. The summed E-state index contributed by atoms with van der Waals surface area (Å²) in [5.41, 5.74) is 3.11. The zero-order valence-electron chi connectivity index (χ0n) is 13.9. The van der Waals surface area contributed by atoms with Crippen molar-refractivity contribution in [2.75, 3.05) is 0 Å². The molecule has 2 aromatic carbocycles. The fraction of sp³-hybridized carbons (Fsp3) is 0.150. The van der Waals surface area contributed by atoms with E-state index < -0.39 is 0 Å². The molecular weight excluding hydrogens is 348 g/mol. The molecule has 6 heteroatoms. The molecule has 26 heavy (non-hydrogen) atoms. The summed E-state index contributed by atoms with van der Waals surface area (Å²) in [5, 5.41) is 23.1. The third-order valence-corrected chi connectivity index (χ3v) is 4.13. The fourth-order valence-corrected chi connectivity index (χ4v) is 2.73. The van der Waals surface area contributed by atoms with Crippen LogP contribution in [0.1, 0.15) is 28.7 Å².